The number of anilines is 1. The standard InChI is InChI=1S/C25H25N5O2/c1-17(20-5-3-2-4-6-20)32-24-12-9-19(15-28-24)13-23(31)27-14-18-7-10-21(11-8-18)22-16-29-25(26)30-22/h2-12,15-17H,13-14H2,1H3,(H,27,31)(H3,26,29,30). The summed E-state index contributed by atoms with van der Waals surface area (Å²) in [6.07, 6.45) is 3.53. The normalized spacial score (nSPS) is 11.7. The number of carbonyl (C=O) groups is 1. The molecule has 1 unspecified atom stereocenters. The van der Waals surface area contributed by atoms with Gasteiger partial charge < -0.3 is 20.8 Å². The zero-order chi connectivity index (χ0) is 22.3. The summed E-state index contributed by atoms with van der Waals surface area (Å²) in [6, 6.07) is 21.5. The smallest absolute Gasteiger partial charge is 0.224 e. The Balaban J connectivity index is 1.26. The van der Waals surface area contributed by atoms with E-state index in [0.717, 1.165) is 27.9 Å². The lowest BCUT2D eigenvalue weighted by atomic mass is 10.1. The number of aromatic amines is 1. The van der Waals surface area contributed by atoms with Gasteiger partial charge in [-0.3, -0.25) is 4.79 Å². The third kappa shape index (κ3) is 5.51. The maximum absolute atomic E-state index is 12.3. The van der Waals surface area contributed by atoms with Crippen LogP contribution in [0.2, 0.25) is 0 Å². The highest BCUT2D eigenvalue weighted by atomic mass is 16.5. The third-order valence-electron chi connectivity index (χ3n) is 5.08. The minimum atomic E-state index is -0.102. The first-order chi connectivity index (χ1) is 15.6. The first kappa shape index (κ1) is 21.1. The maximum Gasteiger partial charge on any atom is 0.224 e. The van der Waals surface area contributed by atoms with Crippen molar-refractivity contribution in [1.82, 2.24) is 20.3 Å². The summed E-state index contributed by atoms with van der Waals surface area (Å²) in [5.74, 6) is 0.851. The second-order valence-corrected chi connectivity index (χ2v) is 7.51. The first-order valence-corrected chi connectivity index (χ1v) is 10.4. The van der Waals surface area contributed by atoms with Crippen molar-refractivity contribution >= 4 is 11.9 Å². The van der Waals surface area contributed by atoms with Crippen molar-refractivity contribution in [3.8, 4) is 17.1 Å². The number of nitrogens with zero attached hydrogens (tertiary/aromatic N) is 2. The molecular weight excluding hydrogens is 402 g/mol. The molecule has 0 bridgehead atoms. The average Bonchev–Trinajstić information content (AvgIpc) is 3.26. The Morgan fingerprint density at radius 1 is 1.00 bits per heavy atom. The van der Waals surface area contributed by atoms with E-state index in [2.05, 4.69) is 20.3 Å². The van der Waals surface area contributed by atoms with Gasteiger partial charge in [0.2, 0.25) is 11.8 Å². The van der Waals surface area contributed by atoms with E-state index < -0.39 is 0 Å². The van der Waals surface area contributed by atoms with Crippen LogP contribution in [0.5, 0.6) is 5.88 Å². The lowest BCUT2D eigenvalue weighted by molar-refractivity contribution is -0.120. The molecule has 0 saturated carbocycles. The number of nitrogen functional groups attached to an aromatic ring is 1. The Kier molecular flexibility index (Phi) is 6.46. The molecule has 162 valence electrons. The molecule has 32 heavy (non-hydrogen) atoms. The number of hydrogen-bond acceptors (Lipinski definition) is 5. The van der Waals surface area contributed by atoms with Crippen molar-refractivity contribution in [1.29, 1.82) is 0 Å². The number of benzene rings is 2. The molecule has 0 spiro atoms. The van der Waals surface area contributed by atoms with E-state index in [4.69, 9.17) is 10.5 Å². The van der Waals surface area contributed by atoms with Gasteiger partial charge in [-0.25, -0.2) is 9.97 Å². The van der Waals surface area contributed by atoms with Crippen molar-refractivity contribution in [3.63, 3.8) is 0 Å². The van der Waals surface area contributed by atoms with Gasteiger partial charge in [-0.05, 0) is 29.2 Å². The molecule has 1 atom stereocenters. The summed E-state index contributed by atoms with van der Waals surface area (Å²) in [6.45, 7) is 2.43. The predicted molar refractivity (Wildman–Crippen MR) is 124 cm³/mol. The summed E-state index contributed by atoms with van der Waals surface area (Å²) in [5, 5.41) is 2.94. The van der Waals surface area contributed by atoms with E-state index >= 15 is 0 Å². The quantitative estimate of drug-likeness (QED) is 0.393. The van der Waals surface area contributed by atoms with Gasteiger partial charge >= 0.3 is 0 Å². The van der Waals surface area contributed by atoms with Gasteiger partial charge in [0, 0.05) is 18.8 Å². The van der Waals surface area contributed by atoms with Crippen molar-refractivity contribution in [3.05, 3.63) is 95.8 Å². The number of pyridine rings is 1. The Bertz CT molecular complexity index is 1160. The van der Waals surface area contributed by atoms with Crippen LogP contribution in [0, 0.1) is 0 Å². The molecular formula is C25H25N5O2. The number of nitrogens with two attached hydrogens (primary N) is 1. The number of imidazole rings is 1. The molecule has 2 aromatic heterocycles. The highest BCUT2D eigenvalue weighted by Crippen LogP contribution is 2.20. The van der Waals surface area contributed by atoms with Crippen molar-refractivity contribution < 1.29 is 9.53 Å². The molecule has 0 saturated heterocycles. The maximum atomic E-state index is 12.3. The minimum absolute atomic E-state index is 0.0662. The molecule has 0 fully saturated rings. The van der Waals surface area contributed by atoms with Crippen molar-refractivity contribution in [2.45, 2.75) is 26.0 Å². The number of nitrogens with one attached hydrogen (secondary N) is 2. The van der Waals surface area contributed by atoms with Crippen LogP contribution in [0.15, 0.2) is 79.1 Å². The molecule has 2 heterocycles. The van der Waals surface area contributed by atoms with Gasteiger partial charge in [-0.1, -0.05) is 60.7 Å². The van der Waals surface area contributed by atoms with Crippen LogP contribution in [-0.4, -0.2) is 20.9 Å². The number of aromatic nitrogens is 3. The summed E-state index contributed by atoms with van der Waals surface area (Å²) < 4.78 is 5.88. The second kappa shape index (κ2) is 9.78. The van der Waals surface area contributed by atoms with Crippen LogP contribution < -0.4 is 15.8 Å². The molecule has 0 radical (unpaired) electrons. The fourth-order valence-corrected chi connectivity index (χ4v) is 3.29. The van der Waals surface area contributed by atoms with Gasteiger partial charge in [-0.15, -0.1) is 0 Å². The summed E-state index contributed by atoms with van der Waals surface area (Å²) in [5.41, 5.74) is 10.4. The highest BCUT2D eigenvalue weighted by Gasteiger charge is 2.09. The lowest BCUT2D eigenvalue weighted by Crippen LogP contribution is -2.24. The van der Waals surface area contributed by atoms with E-state index in [-0.39, 0.29) is 18.4 Å². The minimum Gasteiger partial charge on any atom is -0.470 e. The lowest BCUT2D eigenvalue weighted by Gasteiger charge is -2.14. The van der Waals surface area contributed by atoms with Crippen LogP contribution in [-0.2, 0) is 17.8 Å². The highest BCUT2D eigenvalue weighted by molar-refractivity contribution is 5.78. The fraction of sp³-hybridized carbons (Fsp3) is 0.160. The van der Waals surface area contributed by atoms with Gasteiger partial charge in [0.25, 0.3) is 0 Å². The molecule has 1 amide bonds. The SMILES string of the molecule is CC(Oc1ccc(CC(=O)NCc2ccc(-c3cnc(N)[nH]3)cc2)cn1)c1ccccc1. The molecule has 0 aliphatic heterocycles. The zero-order valence-corrected chi connectivity index (χ0v) is 17.8. The summed E-state index contributed by atoms with van der Waals surface area (Å²) >= 11 is 0. The van der Waals surface area contributed by atoms with Gasteiger partial charge in [-0.2, -0.15) is 0 Å². The Morgan fingerprint density at radius 2 is 1.75 bits per heavy atom. The van der Waals surface area contributed by atoms with E-state index in [9.17, 15) is 4.79 Å². The number of ether oxygens (including phenoxy) is 1. The predicted octanol–water partition coefficient (Wildman–Crippen LogP) is 4.05. The number of carbonyl (C=O) groups excluding carboxylic acids is 1. The monoisotopic (exact) mass is 427 g/mol. The zero-order valence-electron chi connectivity index (χ0n) is 17.8. The molecule has 0 aliphatic carbocycles. The van der Waals surface area contributed by atoms with Crippen LogP contribution >= 0.6 is 0 Å². The van der Waals surface area contributed by atoms with E-state index in [1.807, 2.05) is 67.6 Å². The van der Waals surface area contributed by atoms with Gasteiger partial charge in [0.1, 0.15) is 6.10 Å². The number of hydrogen-bond donors (Lipinski definition) is 3. The average molecular weight is 428 g/mol. The summed E-state index contributed by atoms with van der Waals surface area (Å²) in [4.78, 5) is 23.7. The molecule has 2 aromatic carbocycles. The number of rotatable bonds is 8. The van der Waals surface area contributed by atoms with Crippen LogP contribution in [0.25, 0.3) is 11.3 Å². The third-order valence-corrected chi connectivity index (χ3v) is 5.08. The van der Waals surface area contributed by atoms with Crippen molar-refractivity contribution in [2.75, 3.05) is 5.73 Å². The first-order valence-electron chi connectivity index (χ1n) is 10.4. The Labute approximate surface area is 186 Å². The van der Waals surface area contributed by atoms with E-state index in [0.29, 0.717) is 18.4 Å². The van der Waals surface area contributed by atoms with Gasteiger partial charge in [0.05, 0.1) is 18.3 Å². The fourth-order valence-electron chi connectivity index (χ4n) is 3.29. The van der Waals surface area contributed by atoms with Crippen LogP contribution in [0.1, 0.15) is 29.7 Å². The van der Waals surface area contributed by atoms with Crippen LogP contribution in [0.3, 0.4) is 0 Å². The van der Waals surface area contributed by atoms with Crippen LogP contribution in [0.4, 0.5) is 5.95 Å². The van der Waals surface area contributed by atoms with Gasteiger partial charge in [0.15, 0.2) is 5.95 Å². The number of amides is 1. The van der Waals surface area contributed by atoms with E-state index in [1.54, 1.807) is 18.5 Å². The largest absolute Gasteiger partial charge is 0.470 e. The second-order valence-electron chi connectivity index (χ2n) is 7.51. The summed E-state index contributed by atoms with van der Waals surface area (Å²) in [7, 11) is 0. The van der Waals surface area contributed by atoms with Crippen molar-refractivity contribution in [2.24, 2.45) is 0 Å². The molecule has 4 aromatic rings. The molecule has 0 aliphatic rings. The Morgan fingerprint density at radius 3 is 2.41 bits per heavy atom. The molecule has 4 N–H and O–H groups in total. The van der Waals surface area contributed by atoms with E-state index in [1.165, 1.54) is 0 Å². The molecule has 7 heteroatoms. The number of H-pyrrole nitrogens is 1. The molecule has 4 rings (SSSR count). The Hall–Kier alpha value is -4.13. The molecule has 7 nitrogen and oxygen atoms in total. The topological polar surface area (TPSA) is 106 Å².